The number of hydrogen-bond donors (Lipinski definition) is 1. The molecule has 0 aromatic heterocycles. The fourth-order valence-electron chi connectivity index (χ4n) is 1.41. The van der Waals surface area contributed by atoms with Gasteiger partial charge in [-0.3, -0.25) is 0 Å². The first-order chi connectivity index (χ1) is 6.34. The van der Waals surface area contributed by atoms with Gasteiger partial charge in [-0.05, 0) is 18.4 Å². The van der Waals surface area contributed by atoms with Crippen LogP contribution in [-0.4, -0.2) is 5.11 Å². The Hall–Kier alpha value is -0.980. The Kier molecular flexibility index (Phi) is 4.37. The zero-order valence-corrected chi connectivity index (χ0v) is 8.21. The van der Waals surface area contributed by atoms with Gasteiger partial charge < -0.3 is 5.11 Å². The third kappa shape index (κ3) is 3.49. The quantitative estimate of drug-likeness (QED) is 0.684. The fraction of sp³-hybridized carbons (Fsp3) is 0.500. The monoisotopic (exact) mass is 177 g/mol. The van der Waals surface area contributed by atoms with Crippen molar-refractivity contribution in [1.29, 1.82) is 0 Å². The van der Waals surface area contributed by atoms with Crippen LogP contribution in [0, 0.1) is 6.07 Å². The highest BCUT2D eigenvalue weighted by Gasteiger charge is 1.98. The molecule has 1 N–H and O–H groups in total. The molecule has 71 valence electrons. The Morgan fingerprint density at radius 2 is 2.15 bits per heavy atom. The molecule has 1 radical (unpaired) electrons. The number of aromatic hydroxyl groups is 1. The Morgan fingerprint density at radius 1 is 1.31 bits per heavy atom. The van der Waals surface area contributed by atoms with E-state index in [1.54, 1.807) is 6.07 Å². The third-order valence-electron chi connectivity index (χ3n) is 2.22. The Bertz CT molecular complexity index is 243. The molecule has 0 aliphatic rings. The first-order valence-corrected chi connectivity index (χ1v) is 5.03. The summed E-state index contributed by atoms with van der Waals surface area (Å²) in [5.41, 5.74) is 1.03. The van der Waals surface area contributed by atoms with Gasteiger partial charge in [0.1, 0.15) is 5.75 Å². The predicted octanol–water partition coefficient (Wildman–Crippen LogP) is 3.32. The number of unbranched alkanes of at least 4 members (excludes halogenated alkanes) is 3. The summed E-state index contributed by atoms with van der Waals surface area (Å²) in [6, 6.07) is 8.43. The second-order valence-corrected chi connectivity index (χ2v) is 3.35. The van der Waals surface area contributed by atoms with Gasteiger partial charge in [-0.2, -0.15) is 0 Å². The number of aryl methyl sites for hydroxylation is 1. The van der Waals surface area contributed by atoms with Crippen molar-refractivity contribution in [2.24, 2.45) is 0 Å². The normalized spacial score (nSPS) is 10.2. The van der Waals surface area contributed by atoms with Crippen LogP contribution in [0.1, 0.15) is 38.2 Å². The van der Waals surface area contributed by atoms with Gasteiger partial charge >= 0.3 is 0 Å². The minimum atomic E-state index is 0.319. The molecule has 1 nitrogen and oxygen atoms in total. The van der Waals surface area contributed by atoms with E-state index in [1.165, 1.54) is 25.7 Å². The van der Waals surface area contributed by atoms with Crippen LogP contribution >= 0.6 is 0 Å². The topological polar surface area (TPSA) is 20.2 Å². The van der Waals surface area contributed by atoms with Gasteiger partial charge in [-0.15, -0.1) is 0 Å². The van der Waals surface area contributed by atoms with Crippen LogP contribution in [0.15, 0.2) is 18.2 Å². The zero-order chi connectivity index (χ0) is 9.52. The predicted molar refractivity (Wildman–Crippen MR) is 54.8 cm³/mol. The van der Waals surface area contributed by atoms with Crippen LogP contribution in [0.4, 0.5) is 0 Å². The summed E-state index contributed by atoms with van der Waals surface area (Å²) in [6.45, 7) is 2.20. The summed E-state index contributed by atoms with van der Waals surface area (Å²) in [4.78, 5) is 0. The van der Waals surface area contributed by atoms with E-state index in [4.69, 9.17) is 0 Å². The van der Waals surface area contributed by atoms with E-state index >= 15 is 0 Å². The first kappa shape index (κ1) is 10.1. The molecule has 0 heterocycles. The number of phenols is 1. The van der Waals surface area contributed by atoms with E-state index in [9.17, 15) is 5.11 Å². The van der Waals surface area contributed by atoms with Crippen molar-refractivity contribution in [3.05, 3.63) is 29.8 Å². The zero-order valence-electron chi connectivity index (χ0n) is 8.21. The van der Waals surface area contributed by atoms with Crippen LogP contribution in [0.2, 0.25) is 0 Å². The average molecular weight is 177 g/mol. The van der Waals surface area contributed by atoms with Gasteiger partial charge in [-0.1, -0.05) is 44.4 Å². The molecular weight excluding hydrogens is 160 g/mol. The summed E-state index contributed by atoms with van der Waals surface area (Å²) in [5.74, 6) is 0.319. The summed E-state index contributed by atoms with van der Waals surface area (Å²) in [7, 11) is 0. The molecule has 1 aromatic rings. The molecule has 0 unspecified atom stereocenters. The summed E-state index contributed by atoms with van der Waals surface area (Å²) in [6.07, 6.45) is 5.94. The van der Waals surface area contributed by atoms with Crippen molar-refractivity contribution in [1.82, 2.24) is 0 Å². The fourth-order valence-corrected chi connectivity index (χ4v) is 1.41. The first-order valence-electron chi connectivity index (χ1n) is 5.03. The molecule has 0 bridgehead atoms. The van der Waals surface area contributed by atoms with Crippen LogP contribution in [0.3, 0.4) is 0 Å². The van der Waals surface area contributed by atoms with Gasteiger partial charge in [0.15, 0.2) is 0 Å². The largest absolute Gasteiger partial charge is 0.507 e. The van der Waals surface area contributed by atoms with Crippen molar-refractivity contribution in [2.45, 2.75) is 39.0 Å². The van der Waals surface area contributed by atoms with Gasteiger partial charge in [0, 0.05) is 6.07 Å². The Labute approximate surface area is 80.4 Å². The molecule has 13 heavy (non-hydrogen) atoms. The van der Waals surface area contributed by atoms with E-state index in [0.29, 0.717) is 5.75 Å². The minimum absolute atomic E-state index is 0.319. The van der Waals surface area contributed by atoms with Crippen LogP contribution < -0.4 is 0 Å². The number of phenolic OH excluding ortho intramolecular Hbond substituents is 1. The second-order valence-electron chi connectivity index (χ2n) is 3.35. The van der Waals surface area contributed by atoms with E-state index in [2.05, 4.69) is 13.0 Å². The van der Waals surface area contributed by atoms with Crippen LogP contribution in [-0.2, 0) is 6.42 Å². The minimum Gasteiger partial charge on any atom is -0.507 e. The van der Waals surface area contributed by atoms with E-state index in [-0.39, 0.29) is 0 Å². The highest BCUT2D eigenvalue weighted by Crippen LogP contribution is 2.17. The highest BCUT2D eigenvalue weighted by atomic mass is 16.3. The third-order valence-corrected chi connectivity index (χ3v) is 2.22. The molecule has 0 spiro atoms. The molecular formula is C12H17O. The Balaban J connectivity index is 2.32. The maximum Gasteiger partial charge on any atom is 0.126 e. The van der Waals surface area contributed by atoms with Crippen LogP contribution in [0.5, 0.6) is 5.75 Å². The Morgan fingerprint density at radius 3 is 2.85 bits per heavy atom. The molecule has 1 rings (SSSR count). The van der Waals surface area contributed by atoms with Crippen molar-refractivity contribution in [3.63, 3.8) is 0 Å². The average Bonchev–Trinajstić information content (AvgIpc) is 2.15. The molecule has 0 aliphatic carbocycles. The number of para-hydroxylation sites is 1. The lowest BCUT2D eigenvalue weighted by molar-refractivity contribution is 0.465. The van der Waals surface area contributed by atoms with Gasteiger partial charge in [-0.25, -0.2) is 0 Å². The molecule has 1 heteroatoms. The standard InChI is InChI=1S/C12H17O/c1-2-3-4-5-8-11-9-6-7-10-12(11)13/h6-7,9,13H,2-5,8H2,1H3. The molecule has 1 aromatic carbocycles. The van der Waals surface area contributed by atoms with Crippen molar-refractivity contribution < 1.29 is 5.11 Å². The molecule has 0 fully saturated rings. The summed E-state index contributed by atoms with van der Waals surface area (Å²) in [5, 5.41) is 9.41. The maximum atomic E-state index is 9.41. The van der Waals surface area contributed by atoms with E-state index < -0.39 is 0 Å². The molecule has 0 aliphatic heterocycles. The van der Waals surface area contributed by atoms with Crippen LogP contribution in [0.25, 0.3) is 0 Å². The summed E-state index contributed by atoms with van der Waals surface area (Å²) < 4.78 is 0. The van der Waals surface area contributed by atoms with E-state index in [0.717, 1.165) is 12.0 Å². The number of benzene rings is 1. The van der Waals surface area contributed by atoms with Gasteiger partial charge in [0.05, 0.1) is 0 Å². The molecule has 0 saturated heterocycles. The highest BCUT2D eigenvalue weighted by molar-refractivity contribution is 5.30. The lowest BCUT2D eigenvalue weighted by atomic mass is 10.1. The van der Waals surface area contributed by atoms with Crippen molar-refractivity contribution >= 4 is 0 Å². The lowest BCUT2D eigenvalue weighted by Crippen LogP contribution is -1.86. The smallest absolute Gasteiger partial charge is 0.126 e. The van der Waals surface area contributed by atoms with E-state index in [1.807, 2.05) is 12.1 Å². The SMILES string of the molecule is CCCCCCc1ccc[c]c1O. The lowest BCUT2D eigenvalue weighted by Gasteiger charge is -2.02. The van der Waals surface area contributed by atoms with Crippen molar-refractivity contribution in [2.75, 3.05) is 0 Å². The number of hydrogen-bond acceptors (Lipinski definition) is 1. The molecule has 0 saturated carbocycles. The van der Waals surface area contributed by atoms with Gasteiger partial charge in [0.2, 0.25) is 0 Å². The van der Waals surface area contributed by atoms with Gasteiger partial charge in [0.25, 0.3) is 0 Å². The number of rotatable bonds is 5. The summed E-state index contributed by atoms with van der Waals surface area (Å²) >= 11 is 0. The van der Waals surface area contributed by atoms with Crippen molar-refractivity contribution in [3.8, 4) is 5.75 Å². The maximum absolute atomic E-state index is 9.41. The molecule has 0 atom stereocenters. The second kappa shape index (κ2) is 5.63. The molecule has 0 amide bonds.